The first kappa shape index (κ1) is 18.6. The lowest BCUT2D eigenvalue weighted by molar-refractivity contribution is -0.119. The molecule has 0 atom stereocenters. The molecule has 1 aliphatic heterocycles. The Kier molecular flexibility index (Phi) is 5.36. The van der Waals surface area contributed by atoms with Crippen LogP contribution in [-0.4, -0.2) is 47.4 Å². The number of nitrogens with one attached hydrogen (secondary N) is 1. The van der Waals surface area contributed by atoms with Crippen LogP contribution in [0.3, 0.4) is 0 Å². The summed E-state index contributed by atoms with van der Waals surface area (Å²) >= 11 is 1.61. The van der Waals surface area contributed by atoms with Gasteiger partial charge in [-0.3, -0.25) is 14.5 Å². The molecule has 0 saturated carbocycles. The Morgan fingerprint density at radius 2 is 1.96 bits per heavy atom. The minimum Gasteiger partial charge on any atom is -0.369 e. The van der Waals surface area contributed by atoms with Gasteiger partial charge in [-0.05, 0) is 36.4 Å². The number of benzene rings is 1. The van der Waals surface area contributed by atoms with Crippen LogP contribution in [0.15, 0.2) is 47.8 Å². The predicted molar refractivity (Wildman–Crippen MR) is 111 cm³/mol. The normalized spacial score (nSPS) is 15.6. The maximum Gasteiger partial charge on any atom is 0.252 e. The van der Waals surface area contributed by atoms with Crippen LogP contribution in [0.4, 0.5) is 0 Å². The van der Waals surface area contributed by atoms with Gasteiger partial charge in [-0.15, -0.1) is 11.3 Å². The first-order chi connectivity index (χ1) is 13.6. The molecule has 0 radical (unpaired) electrons. The Morgan fingerprint density at radius 1 is 1.18 bits per heavy atom. The van der Waals surface area contributed by atoms with Crippen LogP contribution in [0.2, 0.25) is 0 Å². The average Bonchev–Trinajstić information content (AvgIpc) is 3.23. The van der Waals surface area contributed by atoms with Crippen LogP contribution < -0.4 is 11.1 Å². The zero-order valence-electron chi connectivity index (χ0n) is 15.4. The minimum absolute atomic E-state index is 0.0789. The summed E-state index contributed by atoms with van der Waals surface area (Å²) in [6.45, 7) is 1.79. The van der Waals surface area contributed by atoms with E-state index in [0.29, 0.717) is 5.56 Å². The van der Waals surface area contributed by atoms with E-state index in [1.807, 2.05) is 52.7 Å². The minimum atomic E-state index is -0.313. The summed E-state index contributed by atoms with van der Waals surface area (Å²) < 4.78 is 0. The molecule has 2 aromatic heterocycles. The van der Waals surface area contributed by atoms with Crippen LogP contribution in [-0.2, 0) is 4.79 Å². The number of carbonyl (C=O) groups excluding carboxylic acids is 2. The van der Waals surface area contributed by atoms with Gasteiger partial charge in [-0.25, -0.2) is 4.98 Å². The topological polar surface area (TPSA) is 88.3 Å². The van der Waals surface area contributed by atoms with Gasteiger partial charge < -0.3 is 11.1 Å². The number of thiophene rings is 1. The van der Waals surface area contributed by atoms with Crippen LogP contribution in [0.5, 0.6) is 0 Å². The Morgan fingerprint density at radius 3 is 2.68 bits per heavy atom. The van der Waals surface area contributed by atoms with Gasteiger partial charge in [-0.2, -0.15) is 0 Å². The molecule has 7 heteroatoms. The molecule has 1 aromatic carbocycles. The van der Waals surface area contributed by atoms with Gasteiger partial charge >= 0.3 is 0 Å². The zero-order valence-corrected chi connectivity index (χ0v) is 16.2. The number of primary amides is 1. The molecule has 144 valence electrons. The fourth-order valence-electron chi connectivity index (χ4n) is 3.63. The first-order valence-corrected chi connectivity index (χ1v) is 10.2. The number of likely N-dealkylation sites (tertiary alicyclic amines) is 1. The molecule has 0 unspecified atom stereocenters. The second kappa shape index (κ2) is 8.08. The number of hydrogen-bond acceptors (Lipinski definition) is 5. The summed E-state index contributed by atoms with van der Waals surface area (Å²) in [7, 11) is 0. The van der Waals surface area contributed by atoms with E-state index in [1.54, 1.807) is 11.3 Å². The Hall–Kier alpha value is -2.77. The van der Waals surface area contributed by atoms with E-state index >= 15 is 0 Å². The maximum atomic E-state index is 13.1. The number of rotatable bonds is 5. The van der Waals surface area contributed by atoms with E-state index in [2.05, 4.69) is 5.32 Å². The van der Waals surface area contributed by atoms with Gasteiger partial charge in [-0.1, -0.05) is 24.3 Å². The van der Waals surface area contributed by atoms with Crippen molar-refractivity contribution >= 4 is 34.1 Å². The lowest BCUT2D eigenvalue weighted by Crippen LogP contribution is -2.46. The highest BCUT2D eigenvalue weighted by atomic mass is 32.1. The van der Waals surface area contributed by atoms with E-state index in [-0.39, 0.29) is 24.4 Å². The number of para-hydroxylation sites is 1. The van der Waals surface area contributed by atoms with E-state index in [4.69, 9.17) is 10.7 Å². The fourth-order valence-corrected chi connectivity index (χ4v) is 4.32. The summed E-state index contributed by atoms with van der Waals surface area (Å²) in [6, 6.07) is 13.7. The summed E-state index contributed by atoms with van der Waals surface area (Å²) in [6.07, 6.45) is 1.61. The van der Waals surface area contributed by atoms with E-state index in [0.717, 1.165) is 47.4 Å². The van der Waals surface area contributed by atoms with Crippen molar-refractivity contribution in [3.8, 4) is 10.6 Å². The number of nitrogens with two attached hydrogens (primary N) is 1. The van der Waals surface area contributed by atoms with Crippen molar-refractivity contribution in [1.29, 1.82) is 0 Å². The summed E-state index contributed by atoms with van der Waals surface area (Å²) in [5.74, 6) is -0.392. The Balaban J connectivity index is 1.55. The molecule has 1 saturated heterocycles. The van der Waals surface area contributed by atoms with Gasteiger partial charge in [0, 0.05) is 24.5 Å². The number of piperidine rings is 1. The summed E-state index contributed by atoms with van der Waals surface area (Å²) in [5.41, 5.74) is 7.54. The summed E-state index contributed by atoms with van der Waals surface area (Å²) in [5, 5.41) is 6.03. The van der Waals surface area contributed by atoms with Crippen LogP contribution in [0.25, 0.3) is 21.5 Å². The van der Waals surface area contributed by atoms with Crippen LogP contribution in [0, 0.1) is 0 Å². The molecule has 3 aromatic rings. The van der Waals surface area contributed by atoms with Gasteiger partial charge in [0.15, 0.2) is 0 Å². The number of hydrogen-bond donors (Lipinski definition) is 2. The highest BCUT2D eigenvalue weighted by Gasteiger charge is 2.23. The van der Waals surface area contributed by atoms with E-state index < -0.39 is 0 Å². The SMILES string of the molecule is NC(=O)CN1CCC(NC(=O)c2cc(-c3cccs3)nc3ccccc23)CC1. The number of nitrogens with zero attached hydrogens (tertiary/aromatic N) is 2. The van der Waals surface area contributed by atoms with Crippen molar-refractivity contribution in [3.05, 3.63) is 53.4 Å². The van der Waals surface area contributed by atoms with Crippen molar-refractivity contribution in [2.24, 2.45) is 5.73 Å². The highest BCUT2D eigenvalue weighted by molar-refractivity contribution is 7.13. The molecule has 28 heavy (non-hydrogen) atoms. The third-order valence-corrected chi connectivity index (χ3v) is 5.93. The largest absolute Gasteiger partial charge is 0.369 e. The number of pyridine rings is 1. The van der Waals surface area contributed by atoms with Gasteiger partial charge in [0.1, 0.15) is 0 Å². The van der Waals surface area contributed by atoms with Crippen molar-refractivity contribution in [2.75, 3.05) is 19.6 Å². The lowest BCUT2D eigenvalue weighted by Gasteiger charge is -2.31. The van der Waals surface area contributed by atoms with Crippen molar-refractivity contribution in [1.82, 2.24) is 15.2 Å². The Bertz CT molecular complexity index is 995. The molecule has 6 nitrogen and oxygen atoms in total. The third kappa shape index (κ3) is 4.05. The van der Waals surface area contributed by atoms with Crippen molar-refractivity contribution in [2.45, 2.75) is 18.9 Å². The molecular weight excluding hydrogens is 372 g/mol. The smallest absolute Gasteiger partial charge is 0.252 e. The van der Waals surface area contributed by atoms with E-state index in [1.165, 1.54) is 0 Å². The zero-order chi connectivity index (χ0) is 19.5. The van der Waals surface area contributed by atoms with Gasteiger partial charge in [0.05, 0.1) is 28.2 Å². The molecule has 1 aliphatic rings. The number of carbonyl (C=O) groups is 2. The number of aromatic nitrogens is 1. The quantitative estimate of drug-likeness (QED) is 0.696. The van der Waals surface area contributed by atoms with Gasteiger partial charge in [0.2, 0.25) is 5.91 Å². The molecule has 2 amide bonds. The predicted octanol–water partition coefficient (Wildman–Crippen LogP) is 2.64. The average molecular weight is 395 g/mol. The fraction of sp³-hybridized carbons (Fsp3) is 0.286. The Labute approximate surface area is 167 Å². The van der Waals surface area contributed by atoms with E-state index in [9.17, 15) is 9.59 Å². The van der Waals surface area contributed by atoms with Crippen LogP contribution >= 0.6 is 11.3 Å². The molecule has 3 N–H and O–H groups in total. The summed E-state index contributed by atoms with van der Waals surface area (Å²) in [4.78, 5) is 32.0. The van der Waals surface area contributed by atoms with Crippen molar-refractivity contribution < 1.29 is 9.59 Å². The molecule has 1 fully saturated rings. The second-order valence-corrected chi connectivity index (χ2v) is 7.99. The second-order valence-electron chi connectivity index (χ2n) is 7.04. The van der Waals surface area contributed by atoms with Gasteiger partial charge in [0.25, 0.3) is 5.91 Å². The molecule has 0 aliphatic carbocycles. The molecular formula is C21H22N4O2S. The molecule has 0 bridgehead atoms. The van der Waals surface area contributed by atoms with Crippen molar-refractivity contribution in [3.63, 3.8) is 0 Å². The molecule has 4 rings (SSSR count). The molecule has 0 spiro atoms. The number of fused-ring (bicyclic) bond motifs is 1. The lowest BCUT2D eigenvalue weighted by atomic mass is 10.0. The number of amides is 2. The standard InChI is InChI=1S/C21H22N4O2S/c22-20(26)13-25-9-7-14(8-10-25)23-21(27)16-12-18(19-6-3-11-28-19)24-17-5-2-1-4-15(16)17/h1-6,11-12,14H,7-10,13H2,(H2,22,26)(H,23,27). The third-order valence-electron chi connectivity index (χ3n) is 5.04. The maximum absolute atomic E-state index is 13.1. The monoisotopic (exact) mass is 394 g/mol. The van der Waals surface area contributed by atoms with Crippen LogP contribution in [0.1, 0.15) is 23.2 Å². The highest BCUT2D eigenvalue weighted by Crippen LogP contribution is 2.28. The molecule has 3 heterocycles. The first-order valence-electron chi connectivity index (χ1n) is 9.35.